The van der Waals surface area contributed by atoms with E-state index in [0.717, 1.165) is 10.5 Å². The number of hydrogen-bond donors (Lipinski definition) is 2. The fraction of sp³-hybridized carbons (Fsp3) is 0.292. The highest BCUT2D eigenvalue weighted by Gasteiger charge is 2.35. The molecule has 0 spiro atoms. The fourth-order valence-electron chi connectivity index (χ4n) is 3.23. The van der Waals surface area contributed by atoms with Crippen molar-refractivity contribution in [2.24, 2.45) is 0 Å². The lowest BCUT2D eigenvalue weighted by Crippen LogP contribution is -2.38. The Morgan fingerprint density at radius 1 is 1.24 bits per heavy atom. The number of anilines is 1. The number of benzene rings is 2. The Bertz CT molecular complexity index is 1110. The molecule has 1 fully saturated rings. The van der Waals surface area contributed by atoms with Crippen molar-refractivity contribution >= 4 is 45.5 Å². The number of amides is 4. The standard InChI is InChI=1S/C24H26BrN3O5/c1-5-32-20-12-16(10-18(25)22(20)33-14(2)3)11-19-23(30)28(24(31)27-19)13-21(29)26-17-8-6-7-15(4)9-17/h6-12,14H,5,13H2,1-4H3,(H,26,29)(H,27,31)/b19-11+. The molecule has 1 saturated heterocycles. The van der Waals surface area contributed by atoms with Gasteiger partial charge in [-0.1, -0.05) is 12.1 Å². The third-order valence-corrected chi connectivity index (χ3v) is 5.15. The van der Waals surface area contributed by atoms with Gasteiger partial charge in [0.15, 0.2) is 11.5 Å². The maximum Gasteiger partial charge on any atom is 0.329 e. The maximum atomic E-state index is 12.8. The molecule has 0 bridgehead atoms. The fourth-order valence-corrected chi connectivity index (χ4v) is 3.79. The zero-order valence-electron chi connectivity index (χ0n) is 18.9. The second kappa shape index (κ2) is 10.5. The molecular weight excluding hydrogens is 490 g/mol. The number of nitrogens with one attached hydrogen (secondary N) is 2. The largest absolute Gasteiger partial charge is 0.490 e. The lowest BCUT2D eigenvalue weighted by atomic mass is 10.1. The monoisotopic (exact) mass is 515 g/mol. The first-order chi connectivity index (χ1) is 15.7. The first-order valence-electron chi connectivity index (χ1n) is 10.5. The average molecular weight is 516 g/mol. The number of nitrogens with zero attached hydrogens (tertiary/aromatic N) is 1. The Hall–Kier alpha value is -3.33. The molecule has 4 amide bonds. The van der Waals surface area contributed by atoms with Gasteiger partial charge in [0.05, 0.1) is 17.2 Å². The molecule has 174 valence electrons. The van der Waals surface area contributed by atoms with Crippen LogP contribution in [0.2, 0.25) is 0 Å². The Labute approximate surface area is 201 Å². The molecule has 9 heteroatoms. The molecule has 0 atom stereocenters. The van der Waals surface area contributed by atoms with E-state index in [1.807, 2.05) is 39.8 Å². The highest BCUT2D eigenvalue weighted by Crippen LogP contribution is 2.38. The summed E-state index contributed by atoms with van der Waals surface area (Å²) in [5.41, 5.74) is 2.27. The van der Waals surface area contributed by atoms with Gasteiger partial charge in [-0.2, -0.15) is 0 Å². The van der Waals surface area contributed by atoms with Gasteiger partial charge < -0.3 is 20.1 Å². The van der Waals surface area contributed by atoms with Gasteiger partial charge in [-0.05, 0) is 85.1 Å². The summed E-state index contributed by atoms with van der Waals surface area (Å²) in [6.45, 7) is 7.62. The number of aryl methyl sites for hydroxylation is 1. The number of carbonyl (C=O) groups is 3. The molecule has 1 heterocycles. The second-order valence-corrected chi connectivity index (χ2v) is 8.58. The highest BCUT2D eigenvalue weighted by molar-refractivity contribution is 9.10. The van der Waals surface area contributed by atoms with Crippen LogP contribution in [0.15, 0.2) is 46.6 Å². The van der Waals surface area contributed by atoms with Crippen molar-refractivity contribution < 1.29 is 23.9 Å². The van der Waals surface area contributed by atoms with Gasteiger partial charge in [0, 0.05) is 5.69 Å². The summed E-state index contributed by atoms with van der Waals surface area (Å²) in [6, 6.07) is 10.1. The smallest absolute Gasteiger partial charge is 0.329 e. The molecule has 0 radical (unpaired) electrons. The molecule has 0 unspecified atom stereocenters. The predicted octanol–water partition coefficient (Wildman–Crippen LogP) is 4.47. The van der Waals surface area contributed by atoms with Crippen LogP contribution in [-0.2, 0) is 9.59 Å². The van der Waals surface area contributed by atoms with E-state index in [-0.39, 0.29) is 11.8 Å². The van der Waals surface area contributed by atoms with Gasteiger partial charge in [0.1, 0.15) is 12.2 Å². The summed E-state index contributed by atoms with van der Waals surface area (Å²) >= 11 is 3.48. The van der Waals surface area contributed by atoms with Gasteiger partial charge in [0.2, 0.25) is 5.91 Å². The molecule has 0 aliphatic carbocycles. The molecule has 8 nitrogen and oxygen atoms in total. The van der Waals surface area contributed by atoms with Gasteiger partial charge in [0.25, 0.3) is 5.91 Å². The predicted molar refractivity (Wildman–Crippen MR) is 129 cm³/mol. The average Bonchev–Trinajstić information content (AvgIpc) is 2.98. The molecule has 0 saturated carbocycles. The van der Waals surface area contributed by atoms with Crippen molar-refractivity contribution in [1.82, 2.24) is 10.2 Å². The summed E-state index contributed by atoms with van der Waals surface area (Å²) in [7, 11) is 0. The first kappa shape index (κ1) is 24.3. The number of halogens is 1. The lowest BCUT2D eigenvalue weighted by Gasteiger charge is -2.17. The van der Waals surface area contributed by atoms with E-state index in [1.54, 1.807) is 24.3 Å². The molecule has 2 aromatic rings. The van der Waals surface area contributed by atoms with Gasteiger partial charge in [-0.25, -0.2) is 9.69 Å². The topological polar surface area (TPSA) is 97.0 Å². The summed E-state index contributed by atoms with van der Waals surface area (Å²) in [5, 5.41) is 5.23. The van der Waals surface area contributed by atoms with Crippen LogP contribution in [0.4, 0.5) is 10.5 Å². The van der Waals surface area contributed by atoms with Crippen LogP contribution >= 0.6 is 15.9 Å². The van der Waals surface area contributed by atoms with Crippen molar-refractivity contribution in [3.05, 3.63) is 57.7 Å². The van der Waals surface area contributed by atoms with Gasteiger partial charge >= 0.3 is 6.03 Å². The molecule has 1 aliphatic rings. The van der Waals surface area contributed by atoms with E-state index in [4.69, 9.17) is 9.47 Å². The maximum absolute atomic E-state index is 12.8. The first-order valence-corrected chi connectivity index (χ1v) is 11.3. The molecule has 2 aromatic carbocycles. The number of imide groups is 1. The third kappa shape index (κ3) is 6.13. The summed E-state index contributed by atoms with van der Waals surface area (Å²) in [6.07, 6.45) is 1.48. The van der Waals surface area contributed by atoms with E-state index < -0.39 is 24.4 Å². The molecule has 2 N–H and O–H groups in total. The van der Waals surface area contributed by atoms with Gasteiger partial charge in [-0.3, -0.25) is 9.59 Å². The molecule has 1 aliphatic heterocycles. The van der Waals surface area contributed by atoms with E-state index in [9.17, 15) is 14.4 Å². The molecule has 3 rings (SSSR count). The minimum Gasteiger partial charge on any atom is -0.490 e. The van der Waals surface area contributed by atoms with Crippen LogP contribution in [0.25, 0.3) is 6.08 Å². The molecule has 33 heavy (non-hydrogen) atoms. The van der Waals surface area contributed by atoms with E-state index >= 15 is 0 Å². The van der Waals surface area contributed by atoms with E-state index in [2.05, 4.69) is 26.6 Å². The number of rotatable bonds is 8. The van der Waals surface area contributed by atoms with Crippen LogP contribution in [0.3, 0.4) is 0 Å². The van der Waals surface area contributed by atoms with Crippen LogP contribution in [0, 0.1) is 6.92 Å². The summed E-state index contributed by atoms with van der Waals surface area (Å²) in [4.78, 5) is 38.4. The van der Waals surface area contributed by atoms with E-state index in [0.29, 0.717) is 33.8 Å². The Morgan fingerprint density at radius 3 is 2.67 bits per heavy atom. The van der Waals surface area contributed by atoms with Crippen molar-refractivity contribution in [1.29, 1.82) is 0 Å². The normalized spacial score (nSPS) is 14.6. The third-order valence-electron chi connectivity index (χ3n) is 4.56. The number of urea groups is 1. The van der Waals surface area contributed by atoms with E-state index in [1.165, 1.54) is 6.08 Å². The summed E-state index contributed by atoms with van der Waals surface area (Å²) in [5.74, 6) is 0.0155. The Morgan fingerprint density at radius 2 is 2.00 bits per heavy atom. The number of ether oxygens (including phenoxy) is 2. The Balaban J connectivity index is 1.78. The zero-order valence-corrected chi connectivity index (χ0v) is 20.5. The van der Waals surface area contributed by atoms with Crippen LogP contribution in [0.1, 0.15) is 31.9 Å². The van der Waals surface area contributed by atoms with Crippen LogP contribution in [-0.4, -0.2) is 42.0 Å². The molecule has 0 aromatic heterocycles. The van der Waals surface area contributed by atoms with Crippen LogP contribution in [0.5, 0.6) is 11.5 Å². The highest BCUT2D eigenvalue weighted by atomic mass is 79.9. The van der Waals surface area contributed by atoms with Crippen molar-refractivity contribution in [2.45, 2.75) is 33.8 Å². The minimum atomic E-state index is -0.658. The second-order valence-electron chi connectivity index (χ2n) is 7.73. The number of hydrogen-bond acceptors (Lipinski definition) is 5. The quantitative estimate of drug-likeness (QED) is 0.399. The minimum absolute atomic E-state index is 0.0556. The van der Waals surface area contributed by atoms with Gasteiger partial charge in [-0.15, -0.1) is 0 Å². The summed E-state index contributed by atoms with van der Waals surface area (Å²) < 4.78 is 12.2. The van der Waals surface area contributed by atoms with Crippen LogP contribution < -0.4 is 20.1 Å². The van der Waals surface area contributed by atoms with Crippen molar-refractivity contribution in [3.63, 3.8) is 0 Å². The lowest BCUT2D eigenvalue weighted by molar-refractivity contribution is -0.127. The van der Waals surface area contributed by atoms with Crippen molar-refractivity contribution in [2.75, 3.05) is 18.5 Å². The van der Waals surface area contributed by atoms with Crippen molar-refractivity contribution in [3.8, 4) is 11.5 Å². The zero-order chi connectivity index (χ0) is 24.1. The SMILES string of the molecule is CCOc1cc(/C=C2/NC(=O)N(CC(=O)Nc3cccc(C)c3)C2=O)cc(Br)c1OC(C)C. The molecular formula is C24H26BrN3O5. The Kier molecular flexibility index (Phi) is 7.75. The number of carbonyl (C=O) groups excluding carboxylic acids is 3.